The number of rotatable bonds is 4. The fraction of sp³-hybridized carbons (Fsp3) is 0.118. The molecule has 2 aromatic carbocycles. The second-order valence-electron chi connectivity index (χ2n) is 5.15. The van der Waals surface area contributed by atoms with E-state index in [-0.39, 0.29) is 11.5 Å². The summed E-state index contributed by atoms with van der Waals surface area (Å²) in [6.45, 7) is 5.43. The van der Waals surface area contributed by atoms with Crippen LogP contribution < -0.4 is 4.74 Å². The van der Waals surface area contributed by atoms with Gasteiger partial charge in [0.1, 0.15) is 11.6 Å². The molecule has 0 atom stereocenters. The van der Waals surface area contributed by atoms with E-state index in [2.05, 4.69) is 6.92 Å². The van der Waals surface area contributed by atoms with E-state index in [4.69, 9.17) is 16.3 Å². The second kappa shape index (κ2) is 6.11. The van der Waals surface area contributed by atoms with E-state index in [9.17, 15) is 12.8 Å². The van der Waals surface area contributed by atoms with Crippen molar-refractivity contribution in [2.75, 3.05) is 6.61 Å². The molecule has 0 fully saturated rings. The monoisotopic (exact) mass is 366 g/mol. The molecule has 0 N–H and O–H groups in total. The molecule has 0 aliphatic heterocycles. The van der Waals surface area contributed by atoms with Crippen molar-refractivity contribution in [2.45, 2.75) is 11.8 Å². The molecule has 24 heavy (non-hydrogen) atoms. The van der Waals surface area contributed by atoms with E-state index in [1.54, 1.807) is 25.1 Å². The molecule has 1 aromatic heterocycles. The maximum absolute atomic E-state index is 13.1. The number of fused-ring (bicyclic) bond motifs is 1. The van der Waals surface area contributed by atoms with E-state index in [0.717, 1.165) is 16.1 Å². The van der Waals surface area contributed by atoms with Gasteiger partial charge in [0.25, 0.3) is 10.0 Å². The molecule has 0 aliphatic rings. The summed E-state index contributed by atoms with van der Waals surface area (Å²) in [6.07, 6.45) is 0. The van der Waals surface area contributed by atoms with Crippen LogP contribution in [0.1, 0.15) is 5.69 Å². The molecule has 3 rings (SSSR count). The quantitative estimate of drug-likeness (QED) is 0.695. The molecule has 1 heterocycles. The molecule has 1 radical (unpaired) electrons. The summed E-state index contributed by atoms with van der Waals surface area (Å²) in [7, 11) is -3.94. The summed E-state index contributed by atoms with van der Waals surface area (Å²) >= 11 is 6.04. The van der Waals surface area contributed by atoms with Crippen LogP contribution in [0.4, 0.5) is 4.39 Å². The van der Waals surface area contributed by atoms with Crippen LogP contribution in [0.15, 0.2) is 47.4 Å². The van der Waals surface area contributed by atoms with Crippen molar-refractivity contribution < 1.29 is 17.5 Å². The number of halogens is 2. The fourth-order valence-electron chi connectivity index (χ4n) is 2.64. The van der Waals surface area contributed by atoms with Gasteiger partial charge in [0.05, 0.1) is 22.7 Å². The maximum Gasteiger partial charge on any atom is 0.268 e. The number of ether oxygens (including phenoxy) is 1. The van der Waals surface area contributed by atoms with Gasteiger partial charge in [-0.2, -0.15) is 0 Å². The largest absolute Gasteiger partial charge is 0.491 e. The third-order valence-electron chi connectivity index (χ3n) is 3.65. The molecule has 125 valence electrons. The van der Waals surface area contributed by atoms with Gasteiger partial charge in [0.15, 0.2) is 0 Å². The molecule has 0 saturated heterocycles. The first-order valence-electron chi connectivity index (χ1n) is 7.10. The van der Waals surface area contributed by atoms with Gasteiger partial charge in [0.2, 0.25) is 0 Å². The Bertz CT molecular complexity index is 1010. The Morgan fingerprint density at radius 2 is 1.88 bits per heavy atom. The highest BCUT2D eigenvalue weighted by atomic mass is 35.5. The van der Waals surface area contributed by atoms with Crippen LogP contribution in [-0.4, -0.2) is 19.0 Å². The van der Waals surface area contributed by atoms with Crippen molar-refractivity contribution in [1.82, 2.24) is 3.97 Å². The average molecular weight is 367 g/mol. The predicted molar refractivity (Wildman–Crippen MR) is 91.5 cm³/mol. The van der Waals surface area contributed by atoms with Crippen molar-refractivity contribution in [2.24, 2.45) is 0 Å². The minimum absolute atomic E-state index is 0.0231. The smallest absolute Gasteiger partial charge is 0.268 e. The summed E-state index contributed by atoms with van der Waals surface area (Å²) in [5.74, 6) is -0.0745. The van der Waals surface area contributed by atoms with Crippen LogP contribution in [0, 0.1) is 19.7 Å². The van der Waals surface area contributed by atoms with Gasteiger partial charge in [-0.25, -0.2) is 16.8 Å². The Hall–Kier alpha value is -2.05. The van der Waals surface area contributed by atoms with Gasteiger partial charge < -0.3 is 4.74 Å². The highest BCUT2D eigenvalue weighted by Crippen LogP contribution is 2.36. The van der Waals surface area contributed by atoms with Gasteiger partial charge in [0, 0.05) is 10.4 Å². The Morgan fingerprint density at radius 3 is 2.50 bits per heavy atom. The first-order chi connectivity index (χ1) is 11.4. The van der Waals surface area contributed by atoms with Crippen LogP contribution in [0.5, 0.6) is 5.75 Å². The minimum Gasteiger partial charge on any atom is -0.491 e. The molecule has 7 heteroatoms. The SMILES string of the molecule is [CH2]COc1c(C)n(S(=O)(=O)c2ccc(F)cc2)c2cc(Cl)ccc12. The standard InChI is InChI=1S/C17H14ClFNO3S/c1-3-23-17-11(2)20(16-10-12(18)4-9-15(16)17)24(21,22)14-7-5-13(19)6-8-14/h4-10H,1,3H2,2H3. The van der Waals surface area contributed by atoms with Crippen LogP contribution in [0.2, 0.25) is 5.02 Å². The van der Waals surface area contributed by atoms with Gasteiger partial charge >= 0.3 is 0 Å². The molecule has 4 nitrogen and oxygen atoms in total. The molecule has 0 bridgehead atoms. The lowest BCUT2D eigenvalue weighted by atomic mass is 10.2. The molecule has 0 aliphatic carbocycles. The Morgan fingerprint density at radius 1 is 1.21 bits per heavy atom. The Kier molecular flexibility index (Phi) is 4.27. The summed E-state index contributed by atoms with van der Waals surface area (Å²) in [5, 5.41) is 1.02. The highest BCUT2D eigenvalue weighted by molar-refractivity contribution is 7.90. The molecule has 3 aromatic rings. The predicted octanol–water partition coefficient (Wildman–Crippen LogP) is 4.19. The van der Waals surface area contributed by atoms with E-state index < -0.39 is 15.8 Å². The second-order valence-corrected chi connectivity index (χ2v) is 7.37. The average Bonchev–Trinajstić information content (AvgIpc) is 2.80. The van der Waals surface area contributed by atoms with Crippen molar-refractivity contribution in [3.63, 3.8) is 0 Å². The molecule has 0 spiro atoms. The zero-order chi connectivity index (χ0) is 17.5. The lowest BCUT2D eigenvalue weighted by Crippen LogP contribution is -2.14. The van der Waals surface area contributed by atoms with E-state index in [1.807, 2.05) is 0 Å². The van der Waals surface area contributed by atoms with Crippen molar-refractivity contribution in [3.05, 3.63) is 65.9 Å². The molecular formula is C17H14ClFNO3S. The van der Waals surface area contributed by atoms with Crippen LogP contribution in [0.25, 0.3) is 10.9 Å². The Balaban J connectivity index is 2.34. The number of benzene rings is 2. The first-order valence-corrected chi connectivity index (χ1v) is 8.92. The Labute approximate surface area is 144 Å². The number of nitrogens with zero attached hydrogens (tertiary/aromatic N) is 1. The summed E-state index contributed by atoms with van der Waals surface area (Å²) < 4.78 is 45.9. The summed E-state index contributed by atoms with van der Waals surface area (Å²) in [5.41, 5.74) is 0.799. The number of aromatic nitrogens is 1. The summed E-state index contributed by atoms with van der Waals surface area (Å²) in [4.78, 5) is -0.0231. The van der Waals surface area contributed by atoms with Crippen LogP contribution in [0.3, 0.4) is 0 Å². The normalized spacial score (nSPS) is 11.8. The van der Waals surface area contributed by atoms with Crippen molar-refractivity contribution >= 4 is 32.5 Å². The van der Waals surface area contributed by atoms with E-state index in [0.29, 0.717) is 27.4 Å². The molecule has 0 unspecified atom stereocenters. The van der Waals surface area contributed by atoms with E-state index >= 15 is 0 Å². The number of hydrogen-bond acceptors (Lipinski definition) is 3. The maximum atomic E-state index is 13.1. The number of hydrogen-bond donors (Lipinski definition) is 0. The molecular weight excluding hydrogens is 353 g/mol. The minimum atomic E-state index is -3.94. The van der Waals surface area contributed by atoms with Gasteiger partial charge in [-0.3, -0.25) is 0 Å². The third-order valence-corrected chi connectivity index (χ3v) is 5.71. The zero-order valence-electron chi connectivity index (χ0n) is 12.8. The highest BCUT2D eigenvalue weighted by Gasteiger charge is 2.26. The van der Waals surface area contributed by atoms with Gasteiger partial charge in [-0.05, 0) is 56.3 Å². The lowest BCUT2D eigenvalue weighted by molar-refractivity contribution is 0.362. The molecule has 0 saturated carbocycles. The summed E-state index contributed by atoms with van der Waals surface area (Å²) in [6, 6.07) is 9.58. The topological polar surface area (TPSA) is 48.3 Å². The van der Waals surface area contributed by atoms with Crippen LogP contribution >= 0.6 is 11.6 Å². The fourth-order valence-corrected chi connectivity index (χ4v) is 4.35. The van der Waals surface area contributed by atoms with E-state index in [1.165, 1.54) is 12.1 Å². The lowest BCUT2D eigenvalue weighted by Gasteiger charge is -2.10. The van der Waals surface area contributed by atoms with Crippen molar-refractivity contribution in [3.8, 4) is 5.75 Å². The first kappa shape index (κ1) is 16.8. The third kappa shape index (κ3) is 2.65. The van der Waals surface area contributed by atoms with Crippen LogP contribution in [-0.2, 0) is 10.0 Å². The van der Waals surface area contributed by atoms with Crippen molar-refractivity contribution in [1.29, 1.82) is 0 Å². The zero-order valence-corrected chi connectivity index (χ0v) is 14.4. The van der Waals surface area contributed by atoms with Gasteiger partial charge in [-0.1, -0.05) is 11.6 Å². The molecule has 0 amide bonds. The van der Waals surface area contributed by atoms with Gasteiger partial charge in [-0.15, -0.1) is 0 Å².